The van der Waals surface area contributed by atoms with Crippen LogP contribution < -0.4 is 0 Å². The van der Waals surface area contributed by atoms with Gasteiger partial charge < -0.3 is 4.74 Å². The van der Waals surface area contributed by atoms with Crippen LogP contribution in [0.25, 0.3) is 0 Å². The van der Waals surface area contributed by atoms with Crippen LogP contribution in [0.15, 0.2) is 0 Å². The van der Waals surface area contributed by atoms with E-state index in [0.717, 1.165) is 32.5 Å². The molecule has 3 nitrogen and oxygen atoms in total. The number of hydrogen-bond donors (Lipinski definition) is 0. The van der Waals surface area contributed by atoms with Crippen LogP contribution in [-0.4, -0.2) is 36.1 Å². The van der Waals surface area contributed by atoms with Gasteiger partial charge in [-0.3, -0.25) is 4.90 Å². The summed E-state index contributed by atoms with van der Waals surface area (Å²) in [6, 6.07) is 0. The predicted octanol–water partition coefficient (Wildman–Crippen LogP) is 1.46. The first-order valence-corrected chi connectivity index (χ1v) is 4.72. The molecule has 0 amide bonds. The van der Waals surface area contributed by atoms with Gasteiger partial charge in [0.15, 0.2) is 0 Å². The summed E-state index contributed by atoms with van der Waals surface area (Å²) in [5, 5.41) is 0. The molecule has 0 aromatic heterocycles. The van der Waals surface area contributed by atoms with Crippen molar-refractivity contribution in [2.45, 2.75) is 18.9 Å². The number of hydrogen-bond acceptors (Lipinski definition) is 3. The van der Waals surface area contributed by atoms with Gasteiger partial charge in [-0.15, -0.1) is 0 Å². The molecule has 68 valence electrons. The summed E-state index contributed by atoms with van der Waals surface area (Å²) in [6.07, 6.45) is 2.35. The van der Waals surface area contributed by atoms with E-state index in [1.165, 1.54) is 0 Å². The minimum Gasteiger partial charge on any atom is -0.449 e. The molecule has 0 N–H and O–H groups in total. The summed E-state index contributed by atoms with van der Waals surface area (Å²) in [7, 11) is 0. The van der Waals surface area contributed by atoms with Crippen LogP contribution in [0.2, 0.25) is 0 Å². The van der Waals surface area contributed by atoms with Crippen LogP contribution in [0.5, 0.6) is 0 Å². The fourth-order valence-electron chi connectivity index (χ4n) is 2.16. The summed E-state index contributed by atoms with van der Waals surface area (Å²) in [5.41, 5.74) is -0.659. The van der Waals surface area contributed by atoms with Gasteiger partial charge in [0.25, 0.3) is 0 Å². The molecule has 0 aromatic rings. The largest absolute Gasteiger partial charge is 0.449 e. The minimum absolute atomic E-state index is 0.0532. The van der Waals surface area contributed by atoms with Gasteiger partial charge in [-0.25, -0.2) is 4.79 Å². The van der Waals surface area contributed by atoms with Gasteiger partial charge in [0.2, 0.25) is 0 Å². The lowest BCUT2D eigenvalue weighted by Gasteiger charge is -2.43. The van der Waals surface area contributed by atoms with Crippen LogP contribution in [0.1, 0.15) is 12.8 Å². The van der Waals surface area contributed by atoms with Crippen molar-refractivity contribution in [1.29, 1.82) is 0 Å². The molecule has 1 atom stereocenters. The Balaban J connectivity index is 1.95. The minimum atomic E-state index is -0.659. The van der Waals surface area contributed by atoms with E-state index in [9.17, 15) is 4.79 Å². The fourth-order valence-corrected chi connectivity index (χ4v) is 2.28. The molecule has 0 saturated carbocycles. The average molecular weight is 190 g/mol. The van der Waals surface area contributed by atoms with Crippen LogP contribution >= 0.6 is 11.6 Å². The summed E-state index contributed by atoms with van der Waals surface area (Å²) in [5.74, 6) is 0.553. The molecular weight excluding hydrogens is 178 g/mol. The highest BCUT2D eigenvalue weighted by molar-refractivity contribution is 6.61. The first-order chi connectivity index (χ1) is 5.75. The van der Waals surface area contributed by atoms with E-state index in [2.05, 4.69) is 4.90 Å². The zero-order chi connectivity index (χ0) is 8.55. The number of nitrogens with zero attached hydrogens (tertiary/aromatic N) is 1. The summed E-state index contributed by atoms with van der Waals surface area (Å²) < 4.78 is 5.01. The van der Waals surface area contributed by atoms with Crippen molar-refractivity contribution in [2.24, 2.45) is 5.92 Å². The molecule has 3 aliphatic rings. The van der Waals surface area contributed by atoms with Crippen molar-refractivity contribution in [2.75, 3.05) is 19.6 Å². The van der Waals surface area contributed by atoms with Gasteiger partial charge in [0.05, 0.1) is 0 Å². The second-order valence-electron chi connectivity index (χ2n) is 3.53. The number of rotatable bonds is 1. The maximum Gasteiger partial charge on any atom is 0.404 e. The molecule has 0 aliphatic carbocycles. The molecule has 3 aliphatic heterocycles. The van der Waals surface area contributed by atoms with Gasteiger partial charge in [-0.1, -0.05) is 0 Å². The molecule has 2 bridgehead atoms. The Labute approximate surface area is 76.6 Å². The topological polar surface area (TPSA) is 29.5 Å². The van der Waals surface area contributed by atoms with Crippen molar-refractivity contribution >= 4 is 17.0 Å². The van der Waals surface area contributed by atoms with E-state index >= 15 is 0 Å². The van der Waals surface area contributed by atoms with Gasteiger partial charge in [0.1, 0.15) is 6.10 Å². The summed E-state index contributed by atoms with van der Waals surface area (Å²) in [4.78, 5) is 12.8. The average Bonchev–Trinajstić information content (AvgIpc) is 2.05. The van der Waals surface area contributed by atoms with Gasteiger partial charge in [-0.05, 0) is 31.8 Å². The highest BCUT2D eigenvalue weighted by Gasteiger charge is 2.36. The maximum absolute atomic E-state index is 10.5. The lowest BCUT2D eigenvalue weighted by molar-refractivity contribution is -0.0255. The molecule has 3 fully saturated rings. The molecule has 12 heavy (non-hydrogen) atoms. The predicted molar refractivity (Wildman–Crippen MR) is 45.3 cm³/mol. The second kappa shape index (κ2) is 3.23. The number of fused-ring (bicyclic) bond motifs is 3. The van der Waals surface area contributed by atoms with Crippen LogP contribution in [0.4, 0.5) is 4.79 Å². The first kappa shape index (κ1) is 8.32. The van der Waals surface area contributed by atoms with Crippen molar-refractivity contribution < 1.29 is 9.53 Å². The molecule has 4 heteroatoms. The number of carbonyl (C=O) groups excluding carboxylic acids is 1. The maximum atomic E-state index is 10.5. The fraction of sp³-hybridized carbons (Fsp3) is 0.875. The number of ether oxygens (including phenoxy) is 1. The van der Waals surface area contributed by atoms with E-state index in [1.807, 2.05) is 0 Å². The number of halogens is 1. The Kier molecular flexibility index (Phi) is 2.24. The Morgan fingerprint density at radius 1 is 1.42 bits per heavy atom. The smallest absolute Gasteiger partial charge is 0.404 e. The van der Waals surface area contributed by atoms with Crippen LogP contribution in [0.3, 0.4) is 0 Å². The highest BCUT2D eigenvalue weighted by Crippen LogP contribution is 2.29. The molecule has 0 spiro atoms. The van der Waals surface area contributed by atoms with Crippen molar-refractivity contribution in [3.8, 4) is 0 Å². The van der Waals surface area contributed by atoms with Crippen molar-refractivity contribution in [3.63, 3.8) is 0 Å². The monoisotopic (exact) mass is 189 g/mol. The van der Waals surface area contributed by atoms with Gasteiger partial charge >= 0.3 is 5.43 Å². The lowest BCUT2D eigenvalue weighted by Crippen LogP contribution is -2.51. The molecule has 3 rings (SSSR count). The molecule has 3 heterocycles. The summed E-state index contributed by atoms with van der Waals surface area (Å²) in [6.45, 7) is 3.19. The van der Waals surface area contributed by atoms with E-state index < -0.39 is 5.43 Å². The van der Waals surface area contributed by atoms with E-state index in [4.69, 9.17) is 16.3 Å². The Morgan fingerprint density at radius 2 is 2.08 bits per heavy atom. The van der Waals surface area contributed by atoms with Crippen molar-refractivity contribution in [3.05, 3.63) is 0 Å². The van der Waals surface area contributed by atoms with E-state index in [-0.39, 0.29) is 6.10 Å². The number of piperidine rings is 3. The molecule has 0 aromatic carbocycles. The quantitative estimate of drug-likeness (QED) is 0.585. The zero-order valence-electron chi connectivity index (χ0n) is 6.83. The van der Waals surface area contributed by atoms with Gasteiger partial charge in [0, 0.05) is 18.1 Å². The summed E-state index contributed by atoms with van der Waals surface area (Å²) >= 11 is 5.17. The molecule has 0 unspecified atom stereocenters. The van der Waals surface area contributed by atoms with Crippen LogP contribution in [-0.2, 0) is 4.74 Å². The third-order valence-electron chi connectivity index (χ3n) is 2.84. The second-order valence-corrected chi connectivity index (χ2v) is 3.84. The third-order valence-corrected chi connectivity index (χ3v) is 2.93. The Morgan fingerprint density at radius 3 is 2.50 bits per heavy atom. The third kappa shape index (κ3) is 1.57. The zero-order valence-corrected chi connectivity index (χ0v) is 7.59. The van der Waals surface area contributed by atoms with Gasteiger partial charge in [-0.2, -0.15) is 0 Å². The van der Waals surface area contributed by atoms with Crippen molar-refractivity contribution in [1.82, 2.24) is 4.90 Å². The van der Waals surface area contributed by atoms with E-state index in [1.54, 1.807) is 0 Å². The standard InChI is InChI=1S/C8H12ClNO2/c9-8(11)12-7-5-10-3-1-6(7)2-4-10/h6-7H,1-5H2/t7-/m1/s1. The molecular formula is C8H12ClNO2. The normalized spacial score (nSPS) is 39.6. The SMILES string of the molecule is O=C(Cl)O[C@@H]1CN2CCC1CC2. The molecule has 3 saturated heterocycles. The number of carbonyl (C=O) groups is 1. The Bertz CT molecular complexity index is 189. The molecule has 0 radical (unpaired) electrons. The van der Waals surface area contributed by atoms with E-state index in [0.29, 0.717) is 5.92 Å². The van der Waals surface area contributed by atoms with Crippen LogP contribution in [0, 0.1) is 5.92 Å². The first-order valence-electron chi connectivity index (χ1n) is 4.34. The highest BCUT2D eigenvalue weighted by atomic mass is 35.5. The Hall–Kier alpha value is -0.280. The lowest BCUT2D eigenvalue weighted by atomic mass is 9.86.